The summed E-state index contributed by atoms with van der Waals surface area (Å²) in [6, 6.07) is 13.2. The number of amides is 2. The van der Waals surface area contributed by atoms with Crippen molar-refractivity contribution in [3.63, 3.8) is 0 Å². The fraction of sp³-hybridized carbons (Fsp3) is 0.250. The Bertz CT molecular complexity index is 944. The first-order chi connectivity index (χ1) is 13.2. The summed E-state index contributed by atoms with van der Waals surface area (Å²) < 4.78 is 1.86. The number of rotatable bonds is 3. The SMILES string of the molecule is O=C(NNC(=O)c1nn(-c2ccccc2)c2c1CCCCC2)c1ccc[nH]1. The zero-order valence-corrected chi connectivity index (χ0v) is 14.9. The minimum atomic E-state index is -0.401. The number of aromatic nitrogens is 3. The van der Waals surface area contributed by atoms with Crippen molar-refractivity contribution in [1.29, 1.82) is 0 Å². The largest absolute Gasteiger partial charge is 0.357 e. The lowest BCUT2D eigenvalue weighted by atomic mass is 10.1. The molecule has 1 aromatic carbocycles. The van der Waals surface area contributed by atoms with E-state index >= 15 is 0 Å². The van der Waals surface area contributed by atoms with Gasteiger partial charge in [0.2, 0.25) is 0 Å². The standard InChI is InChI=1S/C20H21N5O2/c26-19(16-11-7-13-21-16)22-23-20(27)18-15-10-5-2-6-12-17(15)25(24-18)14-8-3-1-4-9-14/h1,3-4,7-9,11,13,21H,2,5-6,10,12H2,(H,22,26)(H,23,27). The molecule has 0 saturated carbocycles. The number of fused-ring (bicyclic) bond motifs is 1. The van der Waals surface area contributed by atoms with E-state index in [2.05, 4.69) is 20.9 Å². The molecule has 27 heavy (non-hydrogen) atoms. The maximum absolute atomic E-state index is 12.7. The molecule has 7 nitrogen and oxygen atoms in total. The minimum Gasteiger partial charge on any atom is -0.357 e. The second kappa shape index (κ2) is 7.49. The van der Waals surface area contributed by atoms with Gasteiger partial charge in [-0.3, -0.25) is 20.4 Å². The minimum absolute atomic E-state index is 0.377. The van der Waals surface area contributed by atoms with E-state index in [1.54, 1.807) is 18.3 Å². The van der Waals surface area contributed by atoms with Gasteiger partial charge >= 0.3 is 0 Å². The molecule has 3 aromatic rings. The van der Waals surface area contributed by atoms with Crippen molar-refractivity contribution in [3.05, 3.63) is 71.3 Å². The van der Waals surface area contributed by atoms with Crippen LogP contribution in [0.5, 0.6) is 0 Å². The molecule has 1 aliphatic rings. The Hall–Kier alpha value is -3.35. The number of nitrogens with one attached hydrogen (secondary N) is 3. The highest BCUT2D eigenvalue weighted by molar-refractivity contribution is 5.98. The van der Waals surface area contributed by atoms with Gasteiger partial charge in [-0.05, 0) is 49.9 Å². The second-order valence-electron chi connectivity index (χ2n) is 6.57. The maximum atomic E-state index is 12.7. The molecule has 0 atom stereocenters. The van der Waals surface area contributed by atoms with Crippen LogP contribution in [0.3, 0.4) is 0 Å². The quantitative estimate of drug-likeness (QED) is 0.493. The van der Waals surface area contributed by atoms with Crippen LogP contribution in [0.1, 0.15) is 51.5 Å². The van der Waals surface area contributed by atoms with Crippen molar-refractivity contribution in [3.8, 4) is 5.69 Å². The predicted octanol–water partition coefficient (Wildman–Crippen LogP) is 2.54. The summed E-state index contributed by atoms with van der Waals surface area (Å²) in [7, 11) is 0. The van der Waals surface area contributed by atoms with Crippen LogP contribution in [0.25, 0.3) is 5.69 Å². The van der Waals surface area contributed by atoms with Gasteiger partial charge < -0.3 is 4.98 Å². The third-order valence-electron chi connectivity index (χ3n) is 4.78. The van der Waals surface area contributed by atoms with Crippen LogP contribution in [0.15, 0.2) is 48.7 Å². The highest BCUT2D eigenvalue weighted by Crippen LogP contribution is 2.26. The number of hydrogen-bond donors (Lipinski definition) is 3. The van der Waals surface area contributed by atoms with Gasteiger partial charge in [-0.15, -0.1) is 0 Å². The Balaban J connectivity index is 1.61. The van der Waals surface area contributed by atoms with Gasteiger partial charge in [-0.25, -0.2) is 4.68 Å². The van der Waals surface area contributed by atoms with Crippen molar-refractivity contribution >= 4 is 11.8 Å². The molecule has 2 aromatic heterocycles. The third kappa shape index (κ3) is 3.48. The summed E-state index contributed by atoms with van der Waals surface area (Å²) >= 11 is 0. The van der Waals surface area contributed by atoms with Crippen LogP contribution in [-0.4, -0.2) is 26.6 Å². The van der Waals surface area contributed by atoms with E-state index in [1.165, 1.54) is 0 Å². The summed E-state index contributed by atoms with van der Waals surface area (Å²) in [4.78, 5) is 27.6. The van der Waals surface area contributed by atoms with Crippen LogP contribution in [-0.2, 0) is 12.8 Å². The first kappa shape index (κ1) is 17.1. The zero-order valence-electron chi connectivity index (χ0n) is 14.9. The molecule has 0 saturated heterocycles. The van der Waals surface area contributed by atoms with E-state index in [-0.39, 0.29) is 0 Å². The van der Waals surface area contributed by atoms with Crippen LogP contribution in [0.4, 0.5) is 0 Å². The van der Waals surface area contributed by atoms with Gasteiger partial charge in [0.05, 0.1) is 5.69 Å². The molecule has 2 heterocycles. The molecule has 0 spiro atoms. The molecular formula is C20H21N5O2. The van der Waals surface area contributed by atoms with Gasteiger partial charge in [0, 0.05) is 17.5 Å². The smallest absolute Gasteiger partial charge is 0.290 e. The normalized spacial score (nSPS) is 13.5. The number of para-hydroxylation sites is 1. The number of benzene rings is 1. The molecule has 2 amide bonds. The number of carbonyl (C=O) groups is 2. The van der Waals surface area contributed by atoms with E-state index in [1.807, 2.05) is 35.0 Å². The van der Waals surface area contributed by atoms with Crippen LogP contribution >= 0.6 is 0 Å². The number of carbonyl (C=O) groups excluding carboxylic acids is 2. The molecule has 0 radical (unpaired) electrons. The molecule has 0 unspecified atom stereocenters. The molecule has 7 heteroatoms. The van der Waals surface area contributed by atoms with Crippen LogP contribution < -0.4 is 10.9 Å². The Kier molecular flexibility index (Phi) is 4.74. The summed E-state index contributed by atoms with van der Waals surface area (Å²) in [6.45, 7) is 0. The molecule has 0 bridgehead atoms. The number of hydrazine groups is 1. The van der Waals surface area contributed by atoms with Gasteiger partial charge in [0.25, 0.3) is 11.8 Å². The summed E-state index contributed by atoms with van der Waals surface area (Å²) in [5, 5.41) is 4.59. The number of nitrogens with zero attached hydrogens (tertiary/aromatic N) is 2. The molecule has 0 aliphatic heterocycles. The zero-order chi connectivity index (χ0) is 18.6. The Morgan fingerprint density at radius 3 is 2.48 bits per heavy atom. The molecule has 3 N–H and O–H groups in total. The number of H-pyrrole nitrogens is 1. The lowest BCUT2D eigenvalue weighted by molar-refractivity contribution is 0.0841. The Labute approximate surface area is 156 Å². The van der Waals surface area contributed by atoms with E-state index in [9.17, 15) is 9.59 Å². The predicted molar refractivity (Wildman–Crippen MR) is 101 cm³/mol. The molecule has 138 valence electrons. The van der Waals surface area contributed by atoms with Gasteiger partial charge in [-0.1, -0.05) is 24.6 Å². The monoisotopic (exact) mass is 363 g/mol. The van der Waals surface area contributed by atoms with E-state index in [0.717, 1.165) is 49.0 Å². The second-order valence-corrected chi connectivity index (χ2v) is 6.57. The Morgan fingerprint density at radius 1 is 0.926 bits per heavy atom. The van der Waals surface area contributed by atoms with Crippen LogP contribution in [0, 0.1) is 0 Å². The topological polar surface area (TPSA) is 91.8 Å². The molecule has 0 fully saturated rings. The van der Waals surface area contributed by atoms with E-state index < -0.39 is 11.8 Å². The van der Waals surface area contributed by atoms with Gasteiger partial charge in [0.1, 0.15) is 5.69 Å². The number of hydrogen-bond acceptors (Lipinski definition) is 3. The van der Waals surface area contributed by atoms with Crippen LogP contribution in [0.2, 0.25) is 0 Å². The summed E-state index contributed by atoms with van der Waals surface area (Å²) in [6.07, 6.45) is 6.60. The van der Waals surface area contributed by atoms with Crippen molar-refractivity contribution < 1.29 is 9.59 Å². The fourth-order valence-electron chi connectivity index (χ4n) is 3.45. The number of aromatic amines is 1. The lowest BCUT2D eigenvalue weighted by Crippen LogP contribution is -2.42. The highest BCUT2D eigenvalue weighted by atomic mass is 16.2. The van der Waals surface area contributed by atoms with Gasteiger partial charge in [-0.2, -0.15) is 5.10 Å². The summed E-state index contributed by atoms with van der Waals surface area (Å²) in [5.41, 5.74) is 8.67. The fourth-order valence-corrected chi connectivity index (χ4v) is 3.45. The average molecular weight is 363 g/mol. The third-order valence-corrected chi connectivity index (χ3v) is 4.78. The van der Waals surface area contributed by atoms with E-state index in [4.69, 9.17) is 0 Å². The Morgan fingerprint density at radius 2 is 1.70 bits per heavy atom. The average Bonchev–Trinajstić information content (AvgIpc) is 3.30. The van der Waals surface area contributed by atoms with Crippen molar-refractivity contribution in [2.24, 2.45) is 0 Å². The maximum Gasteiger partial charge on any atom is 0.290 e. The van der Waals surface area contributed by atoms with Crippen molar-refractivity contribution in [2.75, 3.05) is 0 Å². The van der Waals surface area contributed by atoms with Crippen molar-refractivity contribution in [1.82, 2.24) is 25.6 Å². The lowest BCUT2D eigenvalue weighted by Gasteiger charge is -2.06. The van der Waals surface area contributed by atoms with Crippen molar-refractivity contribution in [2.45, 2.75) is 32.1 Å². The van der Waals surface area contributed by atoms with Gasteiger partial charge in [0.15, 0.2) is 5.69 Å². The molecular weight excluding hydrogens is 342 g/mol. The first-order valence-corrected chi connectivity index (χ1v) is 9.14. The summed E-state index contributed by atoms with van der Waals surface area (Å²) in [5.74, 6) is -0.801. The molecule has 4 rings (SSSR count). The first-order valence-electron chi connectivity index (χ1n) is 9.14. The highest BCUT2D eigenvalue weighted by Gasteiger charge is 2.25. The van der Waals surface area contributed by atoms with E-state index in [0.29, 0.717) is 11.4 Å². The molecule has 1 aliphatic carbocycles.